The average Bonchev–Trinajstić information content (AvgIpc) is 3.40. The largest absolute Gasteiger partial charge is 0.490 e. The molecular formula is C21H20N2O5S. The number of para-hydroxylation sites is 2. The molecule has 0 fully saturated rings. The number of aromatic nitrogens is 1. The molecule has 4 rings (SSSR count). The first-order chi connectivity index (χ1) is 14.2. The summed E-state index contributed by atoms with van der Waals surface area (Å²) in [5, 5.41) is 5.14. The molecule has 0 saturated heterocycles. The van der Waals surface area contributed by atoms with Gasteiger partial charge in [-0.25, -0.2) is 4.98 Å². The minimum atomic E-state index is -0.290. The third-order valence-corrected chi connectivity index (χ3v) is 4.85. The number of carbonyl (C=O) groups excluding carboxylic acids is 1. The van der Waals surface area contributed by atoms with Gasteiger partial charge in [-0.3, -0.25) is 10.1 Å². The van der Waals surface area contributed by atoms with Gasteiger partial charge in [0.15, 0.2) is 34.7 Å². The summed E-state index contributed by atoms with van der Waals surface area (Å²) in [6, 6.07) is 12.9. The third kappa shape index (κ3) is 4.60. The lowest BCUT2D eigenvalue weighted by molar-refractivity contribution is -0.118. The molecule has 3 aromatic rings. The molecule has 1 N–H and O–H groups in total. The van der Waals surface area contributed by atoms with Crippen molar-refractivity contribution in [3.05, 3.63) is 47.8 Å². The number of hydrogen-bond donors (Lipinski definition) is 1. The molecule has 150 valence electrons. The van der Waals surface area contributed by atoms with Gasteiger partial charge in [-0.2, -0.15) is 0 Å². The SMILES string of the molecule is CCCOc1ccccc1OCC(=O)Nc1nc(-c2ccc3c(c2)OCO3)cs1. The number of nitrogens with one attached hydrogen (secondary N) is 1. The van der Waals surface area contributed by atoms with Gasteiger partial charge in [-0.05, 0) is 36.8 Å². The molecule has 8 heteroatoms. The highest BCUT2D eigenvalue weighted by molar-refractivity contribution is 7.14. The van der Waals surface area contributed by atoms with Crippen LogP contribution < -0.4 is 24.3 Å². The van der Waals surface area contributed by atoms with Crippen molar-refractivity contribution in [2.75, 3.05) is 25.3 Å². The van der Waals surface area contributed by atoms with Crippen molar-refractivity contribution in [1.82, 2.24) is 4.98 Å². The first kappa shape index (κ1) is 19.1. The van der Waals surface area contributed by atoms with Crippen molar-refractivity contribution in [1.29, 1.82) is 0 Å². The number of hydrogen-bond acceptors (Lipinski definition) is 7. The second kappa shape index (κ2) is 8.83. The van der Waals surface area contributed by atoms with Crippen molar-refractivity contribution >= 4 is 22.4 Å². The van der Waals surface area contributed by atoms with Crippen LogP contribution >= 0.6 is 11.3 Å². The summed E-state index contributed by atoms with van der Waals surface area (Å²) in [5.74, 6) is 2.29. The molecule has 0 aliphatic carbocycles. The molecule has 2 heterocycles. The van der Waals surface area contributed by atoms with Crippen LogP contribution in [0.15, 0.2) is 47.8 Å². The van der Waals surface area contributed by atoms with Crippen molar-refractivity contribution < 1.29 is 23.7 Å². The van der Waals surface area contributed by atoms with Crippen LogP contribution in [0.25, 0.3) is 11.3 Å². The maximum atomic E-state index is 12.3. The molecular weight excluding hydrogens is 392 g/mol. The van der Waals surface area contributed by atoms with Crippen LogP contribution in [0.2, 0.25) is 0 Å². The Labute approximate surface area is 172 Å². The number of nitrogens with zero attached hydrogens (tertiary/aromatic N) is 1. The molecule has 0 radical (unpaired) electrons. The van der Waals surface area contributed by atoms with E-state index in [0.717, 1.165) is 23.4 Å². The van der Waals surface area contributed by atoms with E-state index in [4.69, 9.17) is 18.9 Å². The smallest absolute Gasteiger partial charge is 0.264 e. The van der Waals surface area contributed by atoms with Crippen molar-refractivity contribution in [2.24, 2.45) is 0 Å². The highest BCUT2D eigenvalue weighted by atomic mass is 32.1. The van der Waals surface area contributed by atoms with E-state index < -0.39 is 0 Å². The third-order valence-electron chi connectivity index (χ3n) is 4.09. The fourth-order valence-electron chi connectivity index (χ4n) is 2.72. The minimum Gasteiger partial charge on any atom is -0.490 e. The van der Waals surface area contributed by atoms with Gasteiger partial charge in [0, 0.05) is 10.9 Å². The number of anilines is 1. The lowest BCUT2D eigenvalue weighted by Gasteiger charge is -2.11. The van der Waals surface area contributed by atoms with E-state index in [0.29, 0.717) is 29.0 Å². The summed E-state index contributed by atoms with van der Waals surface area (Å²) in [6.45, 7) is 2.71. The topological polar surface area (TPSA) is 78.9 Å². The number of amides is 1. The van der Waals surface area contributed by atoms with Gasteiger partial charge in [0.1, 0.15) is 0 Å². The highest BCUT2D eigenvalue weighted by Crippen LogP contribution is 2.36. The summed E-state index contributed by atoms with van der Waals surface area (Å²) < 4.78 is 22.0. The molecule has 2 aromatic carbocycles. The first-order valence-corrected chi connectivity index (χ1v) is 10.1. The second-order valence-corrected chi connectivity index (χ2v) is 7.10. The van der Waals surface area contributed by atoms with Crippen LogP contribution in [0.4, 0.5) is 5.13 Å². The van der Waals surface area contributed by atoms with E-state index in [1.54, 1.807) is 6.07 Å². The van der Waals surface area contributed by atoms with Crippen LogP contribution in [0.3, 0.4) is 0 Å². The molecule has 0 unspecified atom stereocenters. The summed E-state index contributed by atoms with van der Waals surface area (Å²) in [7, 11) is 0. The number of rotatable bonds is 8. The molecule has 1 aliphatic heterocycles. The Kier molecular flexibility index (Phi) is 5.81. The second-order valence-electron chi connectivity index (χ2n) is 6.24. The maximum Gasteiger partial charge on any atom is 0.264 e. The van der Waals surface area contributed by atoms with Gasteiger partial charge in [-0.1, -0.05) is 19.1 Å². The summed E-state index contributed by atoms with van der Waals surface area (Å²) in [6.07, 6.45) is 0.893. The van der Waals surface area contributed by atoms with E-state index in [-0.39, 0.29) is 19.3 Å². The fourth-order valence-corrected chi connectivity index (χ4v) is 3.45. The Morgan fingerprint density at radius 1 is 1.14 bits per heavy atom. The number of ether oxygens (including phenoxy) is 4. The van der Waals surface area contributed by atoms with E-state index in [1.807, 2.05) is 48.7 Å². The Hall–Kier alpha value is -3.26. The van der Waals surface area contributed by atoms with Gasteiger partial charge < -0.3 is 18.9 Å². The molecule has 1 aromatic heterocycles. The van der Waals surface area contributed by atoms with Crippen LogP contribution in [0.1, 0.15) is 13.3 Å². The maximum absolute atomic E-state index is 12.3. The van der Waals surface area contributed by atoms with Gasteiger partial charge in [0.2, 0.25) is 6.79 Å². The van der Waals surface area contributed by atoms with E-state index in [9.17, 15) is 4.79 Å². The summed E-state index contributed by atoms with van der Waals surface area (Å²) >= 11 is 1.35. The predicted molar refractivity (Wildman–Crippen MR) is 110 cm³/mol. The summed E-state index contributed by atoms with van der Waals surface area (Å²) in [4.78, 5) is 16.7. The lowest BCUT2D eigenvalue weighted by Crippen LogP contribution is -2.20. The van der Waals surface area contributed by atoms with Gasteiger partial charge >= 0.3 is 0 Å². The molecule has 1 amide bonds. The molecule has 0 saturated carbocycles. The van der Waals surface area contributed by atoms with Crippen LogP contribution in [-0.4, -0.2) is 30.9 Å². The number of carbonyl (C=O) groups is 1. The van der Waals surface area contributed by atoms with Crippen LogP contribution in [0, 0.1) is 0 Å². The van der Waals surface area contributed by atoms with Crippen molar-refractivity contribution in [3.8, 4) is 34.3 Å². The zero-order valence-corrected chi connectivity index (χ0v) is 16.7. The fraction of sp³-hybridized carbons (Fsp3) is 0.238. The number of thiazole rings is 1. The van der Waals surface area contributed by atoms with Crippen molar-refractivity contribution in [2.45, 2.75) is 13.3 Å². The average molecular weight is 412 g/mol. The zero-order chi connectivity index (χ0) is 20.1. The Balaban J connectivity index is 1.35. The Bertz CT molecular complexity index is 1000. The van der Waals surface area contributed by atoms with Crippen LogP contribution in [0.5, 0.6) is 23.0 Å². The standard InChI is InChI=1S/C21H20N2O5S/c1-2-9-25-16-5-3-4-6-17(16)26-11-20(24)23-21-22-15(12-29-21)14-7-8-18-19(10-14)28-13-27-18/h3-8,10,12H,2,9,11,13H2,1H3,(H,22,23,24). The van der Waals surface area contributed by atoms with Crippen LogP contribution in [-0.2, 0) is 4.79 Å². The van der Waals surface area contributed by atoms with E-state index in [2.05, 4.69) is 10.3 Å². The minimum absolute atomic E-state index is 0.133. The van der Waals surface area contributed by atoms with Gasteiger partial charge in [0.05, 0.1) is 12.3 Å². The first-order valence-electron chi connectivity index (χ1n) is 9.23. The Morgan fingerprint density at radius 2 is 1.93 bits per heavy atom. The lowest BCUT2D eigenvalue weighted by atomic mass is 10.1. The van der Waals surface area contributed by atoms with Gasteiger partial charge in [-0.15, -0.1) is 11.3 Å². The normalized spacial score (nSPS) is 11.9. The quantitative estimate of drug-likeness (QED) is 0.593. The van der Waals surface area contributed by atoms with Crippen molar-refractivity contribution in [3.63, 3.8) is 0 Å². The van der Waals surface area contributed by atoms with E-state index >= 15 is 0 Å². The molecule has 7 nitrogen and oxygen atoms in total. The zero-order valence-electron chi connectivity index (χ0n) is 15.8. The predicted octanol–water partition coefficient (Wildman–Crippen LogP) is 4.35. The monoisotopic (exact) mass is 412 g/mol. The number of fused-ring (bicyclic) bond motifs is 1. The molecule has 0 bridgehead atoms. The highest BCUT2D eigenvalue weighted by Gasteiger charge is 2.16. The molecule has 0 atom stereocenters. The molecule has 1 aliphatic rings. The van der Waals surface area contributed by atoms with Gasteiger partial charge in [0.25, 0.3) is 5.91 Å². The Morgan fingerprint density at radius 3 is 2.76 bits per heavy atom. The summed E-state index contributed by atoms with van der Waals surface area (Å²) in [5.41, 5.74) is 1.65. The van der Waals surface area contributed by atoms with E-state index in [1.165, 1.54) is 11.3 Å². The molecule has 0 spiro atoms. The number of benzene rings is 2. The molecule has 29 heavy (non-hydrogen) atoms.